The zero-order chi connectivity index (χ0) is 26.9. The molecule has 3 atom stereocenters. The lowest BCUT2D eigenvalue weighted by Crippen LogP contribution is -2.30. The highest BCUT2D eigenvalue weighted by molar-refractivity contribution is 6.01. The summed E-state index contributed by atoms with van der Waals surface area (Å²) in [7, 11) is 0. The molecule has 0 radical (unpaired) electrons. The van der Waals surface area contributed by atoms with Gasteiger partial charge in [-0.1, -0.05) is 80.9 Å². The smallest absolute Gasteiger partial charge is 0.163 e. The minimum absolute atomic E-state index is 0.0261. The van der Waals surface area contributed by atoms with Gasteiger partial charge in [0.1, 0.15) is 11.6 Å². The molecule has 198 valence electrons. The predicted molar refractivity (Wildman–Crippen MR) is 154 cm³/mol. The van der Waals surface area contributed by atoms with Crippen LogP contribution in [-0.2, 0) is 16.0 Å². The van der Waals surface area contributed by atoms with Crippen molar-refractivity contribution in [3.63, 3.8) is 0 Å². The van der Waals surface area contributed by atoms with Gasteiger partial charge in [0, 0.05) is 17.9 Å². The Morgan fingerprint density at radius 3 is 2.41 bits per heavy atom. The normalized spacial score (nSPS) is 19.5. The lowest BCUT2D eigenvalue weighted by molar-refractivity contribution is -0.129. The number of benzene rings is 1. The van der Waals surface area contributed by atoms with E-state index in [4.69, 9.17) is 0 Å². The lowest BCUT2D eigenvalue weighted by atomic mass is 9.71. The number of Topliss-reactive ketones (excluding diaryl/α,β-unsaturated/α-hetero) is 3. The summed E-state index contributed by atoms with van der Waals surface area (Å²) in [6.07, 6.45) is 19.7. The van der Waals surface area contributed by atoms with Crippen molar-refractivity contribution in [3.05, 3.63) is 76.4 Å². The molecule has 3 nitrogen and oxygen atoms in total. The third kappa shape index (κ3) is 7.60. The van der Waals surface area contributed by atoms with E-state index in [9.17, 15) is 14.4 Å². The molecule has 0 bridgehead atoms. The van der Waals surface area contributed by atoms with Crippen LogP contribution in [0.2, 0.25) is 0 Å². The highest BCUT2D eigenvalue weighted by Crippen LogP contribution is 2.39. The van der Waals surface area contributed by atoms with Gasteiger partial charge >= 0.3 is 0 Å². The molecule has 0 aliphatic heterocycles. The van der Waals surface area contributed by atoms with Gasteiger partial charge in [0.25, 0.3) is 0 Å². The van der Waals surface area contributed by atoms with E-state index in [2.05, 4.69) is 69.4 Å². The molecule has 0 heterocycles. The molecule has 3 unspecified atom stereocenters. The van der Waals surface area contributed by atoms with Gasteiger partial charge in [-0.05, 0) is 87.0 Å². The molecule has 0 amide bonds. The van der Waals surface area contributed by atoms with E-state index in [0.29, 0.717) is 6.42 Å². The van der Waals surface area contributed by atoms with E-state index in [-0.39, 0.29) is 41.5 Å². The number of fused-ring (bicyclic) bond motifs is 1. The Balaban J connectivity index is 1.95. The van der Waals surface area contributed by atoms with E-state index >= 15 is 0 Å². The largest absolute Gasteiger partial charge is 0.300 e. The van der Waals surface area contributed by atoms with Gasteiger partial charge in [0.2, 0.25) is 0 Å². The number of allylic oxidation sites excluding steroid dienone is 8. The molecule has 2 aliphatic carbocycles. The highest BCUT2D eigenvalue weighted by Gasteiger charge is 2.34. The number of ketones is 3. The van der Waals surface area contributed by atoms with Crippen LogP contribution in [0.15, 0.2) is 54.2 Å². The van der Waals surface area contributed by atoms with Crippen LogP contribution in [0.25, 0.3) is 5.57 Å². The molecule has 0 spiro atoms. The highest BCUT2D eigenvalue weighted by atomic mass is 16.1. The minimum atomic E-state index is -0.107. The number of carbonyl (C=O) groups excluding carboxylic acids is 3. The van der Waals surface area contributed by atoms with Crippen molar-refractivity contribution in [2.45, 2.75) is 92.4 Å². The molecule has 37 heavy (non-hydrogen) atoms. The van der Waals surface area contributed by atoms with Gasteiger partial charge in [-0.25, -0.2) is 0 Å². The van der Waals surface area contributed by atoms with Crippen molar-refractivity contribution in [3.8, 4) is 0 Å². The molecule has 3 rings (SSSR count). The standard InChI is InChI=1S/C34H44O3/c1-6-12-28(29(7-2)32(36)19-25(5)35)20-26-21-31-30(18-16-24(4)34(31)33(37)22-26)27-14-11-9-8-10-13-23(3)15-17-27/h8-11,15-18,26,28-29H,6-7,12-14,19-22H2,1-5H3. The van der Waals surface area contributed by atoms with E-state index in [1.165, 1.54) is 29.2 Å². The van der Waals surface area contributed by atoms with Crippen LogP contribution in [0.3, 0.4) is 0 Å². The van der Waals surface area contributed by atoms with Crippen LogP contribution in [0.1, 0.15) is 106 Å². The summed E-state index contributed by atoms with van der Waals surface area (Å²) < 4.78 is 0. The van der Waals surface area contributed by atoms with E-state index in [1.54, 1.807) is 0 Å². The van der Waals surface area contributed by atoms with Crippen molar-refractivity contribution in [1.82, 2.24) is 0 Å². The molecule has 2 aliphatic rings. The number of hydrogen-bond donors (Lipinski definition) is 0. The first-order valence-corrected chi connectivity index (χ1v) is 14.1. The summed E-state index contributed by atoms with van der Waals surface area (Å²) in [6, 6.07) is 4.29. The third-order valence-electron chi connectivity index (χ3n) is 7.98. The van der Waals surface area contributed by atoms with E-state index < -0.39 is 0 Å². The fourth-order valence-electron chi connectivity index (χ4n) is 6.23. The number of carbonyl (C=O) groups is 3. The fraction of sp³-hybridized carbons (Fsp3) is 0.500. The van der Waals surface area contributed by atoms with E-state index in [1.807, 2.05) is 6.92 Å². The van der Waals surface area contributed by atoms with Crippen molar-refractivity contribution in [2.24, 2.45) is 17.8 Å². The summed E-state index contributed by atoms with van der Waals surface area (Å²) in [5.41, 5.74) is 6.87. The van der Waals surface area contributed by atoms with Crippen LogP contribution in [-0.4, -0.2) is 17.3 Å². The Hall–Kier alpha value is -2.81. The first kappa shape index (κ1) is 28.8. The quantitative estimate of drug-likeness (QED) is 0.303. The number of aryl methyl sites for hydroxylation is 1. The molecule has 0 fully saturated rings. The van der Waals surface area contributed by atoms with Crippen molar-refractivity contribution in [2.75, 3.05) is 0 Å². The van der Waals surface area contributed by atoms with Crippen molar-refractivity contribution < 1.29 is 14.4 Å². The molecular formula is C34H44O3. The Kier molecular flexibility index (Phi) is 10.6. The van der Waals surface area contributed by atoms with Gasteiger partial charge in [-0.3, -0.25) is 14.4 Å². The van der Waals surface area contributed by atoms with Crippen LogP contribution >= 0.6 is 0 Å². The fourth-order valence-corrected chi connectivity index (χ4v) is 6.23. The first-order chi connectivity index (χ1) is 17.7. The zero-order valence-electron chi connectivity index (χ0n) is 23.4. The minimum Gasteiger partial charge on any atom is -0.300 e. The average molecular weight is 501 g/mol. The summed E-state index contributed by atoms with van der Waals surface area (Å²) in [5.74, 6) is 0.560. The Morgan fingerprint density at radius 1 is 1.00 bits per heavy atom. The molecule has 1 aromatic carbocycles. The third-order valence-corrected chi connectivity index (χ3v) is 7.98. The van der Waals surface area contributed by atoms with Gasteiger partial charge in [0.15, 0.2) is 5.78 Å². The summed E-state index contributed by atoms with van der Waals surface area (Å²) in [4.78, 5) is 38.1. The molecule has 0 saturated carbocycles. The lowest BCUT2D eigenvalue weighted by Gasteiger charge is -2.33. The second-order valence-electron chi connectivity index (χ2n) is 11.1. The molecule has 3 heteroatoms. The van der Waals surface area contributed by atoms with Gasteiger partial charge in [-0.2, -0.15) is 0 Å². The van der Waals surface area contributed by atoms with Crippen LogP contribution in [0.5, 0.6) is 0 Å². The second-order valence-corrected chi connectivity index (χ2v) is 11.1. The molecule has 0 saturated heterocycles. The maximum Gasteiger partial charge on any atom is 0.163 e. The first-order valence-electron chi connectivity index (χ1n) is 14.1. The Labute approximate surface area is 223 Å². The van der Waals surface area contributed by atoms with Crippen LogP contribution in [0.4, 0.5) is 0 Å². The summed E-state index contributed by atoms with van der Waals surface area (Å²) in [5, 5.41) is 0. The average Bonchev–Trinajstić information content (AvgIpc) is 2.83. The summed E-state index contributed by atoms with van der Waals surface area (Å²) in [6.45, 7) is 9.90. The van der Waals surface area contributed by atoms with Crippen molar-refractivity contribution >= 4 is 22.9 Å². The molecule has 1 aromatic rings. The van der Waals surface area contributed by atoms with Gasteiger partial charge in [0.05, 0.1) is 6.42 Å². The number of rotatable bonds is 10. The predicted octanol–water partition coefficient (Wildman–Crippen LogP) is 8.36. The van der Waals surface area contributed by atoms with Gasteiger partial charge < -0.3 is 0 Å². The summed E-state index contributed by atoms with van der Waals surface area (Å²) >= 11 is 0. The topological polar surface area (TPSA) is 51.2 Å². The van der Waals surface area contributed by atoms with Crippen LogP contribution in [0, 0.1) is 24.7 Å². The van der Waals surface area contributed by atoms with Crippen LogP contribution < -0.4 is 0 Å². The molecule has 0 N–H and O–H groups in total. The maximum atomic E-state index is 13.5. The SMILES string of the molecule is CCCC(CC1CC(=O)c2c(C)ccc(C3=CC=C(C)CC=CC=CC3)c2C1)C(CC)C(=O)CC(C)=O. The van der Waals surface area contributed by atoms with E-state index in [0.717, 1.165) is 56.1 Å². The van der Waals surface area contributed by atoms with Gasteiger partial charge in [-0.15, -0.1) is 0 Å². The zero-order valence-corrected chi connectivity index (χ0v) is 23.4. The Morgan fingerprint density at radius 2 is 1.73 bits per heavy atom. The molecular weight excluding hydrogens is 456 g/mol. The monoisotopic (exact) mass is 500 g/mol. The molecule has 0 aromatic heterocycles. The Bertz CT molecular complexity index is 1130. The maximum absolute atomic E-state index is 13.5. The number of hydrogen-bond acceptors (Lipinski definition) is 3. The second kappa shape index (κ2) is 13.7. The van der Waals surface area contributed by atoms with Crippen molar-refractivity contribution in [1.29, 1.82) is 0 Å².